The van der Waals surface area contributed by atoms with Crippen LogP contribution in [0, 0.1) is 6.92 Å². The summed E-state index contributed by atoms with van der Waals surface area (Å²) >= 11 is 0. The first-order chi connectivity index (χ1) is 9.72. The van der Waals surface area contributed by atoms with Crippen molar-refractivity contribution in [3.63, 3.8) is 0 Å². The maximum absolute atomic E-state index is 9.31. The molecule has 20 heavy (non-hydrogen) atoms. The molecular weight excluding hydrogens is 248 g/mol. The van der Waals surface area contributed by atoms with Crippen LogP contribution >= 0.6 is 0 Å². The van der Waals surface area contributed by atoms with Crippen molar-refractivity contribution in [1.82, 2.24) is 9.78 Å². The van der Waals surface area contributed by atoms with E-state index in [0.717, 1.165) is 23.4 Å². The monoisotopic (exact) mass is 264 g/mol. The lowest BCUT2D eigenvalue weighted by molar-refractivity contribution is 0.475. The van der Waals surface area contributed by atoms with E-state index in [9.17, 15) is 5.11 Å². The first-order valence-corrected chi connectivity index (χ1v) is 6.61. The number of aromatic hydroxyl groups is 1. The molecular formula is C17H16N2O. The zero-order valence-electron chi connectivity index (χ0n) is 11.3. The summed E-state index contributed by atoms with van der Waals surface area (Å²) in [6.07, 6.45) is 2.82. The van der Waals surface area contributed by atoms with Gasteiger partial charge in [0.2, 0.25) is 0 Å². The normalized spacial score (nSPS) is 10.7. The lowest BCUT2D eigenvalue weighted by Gasteiger charge is -2.01. The summed E-state index contributed by atoms with van der Waals surface area (Å²) in [6, 6.07) is 17.4. The molecule has 3 nitrogen and oxygen atoms in total. The van der Waals surface area contributed by atoms with Gasteiger partial charge in [0.25, 0.3) is 0 Å². The summed E-state index contributed by atoms with van der Waals surface area (Å²) in [5.41, 5.74) is 4.43. The van der Waals surface area contributed by atoms with Gasteiger partial charge in [0.15, 0.2) is 0 Å². The largest absolute Gasteiger partial charge is 0.508 e. The Kier molecular flexibility index (Phi) is 3.25. The Morgan fingerprint density at radius 2 is 1.70 bits per heavy atom. The molecule has 0 fully saturated rings. The molecule has 3 aromatic rings. The molecule has 0 aliphatic rings. The molecule has 1 N–H and O–H groups in total. The predicted molar refractivity (Wildman–Crippen MR) is 79.2 cm³/mol. The van der Waals surface area contributed by atoms with Gasteiger partial charge in [-0.15, -0.1) is 0 Å². The first kappa shape index (κ1) is 12.5. The van der Waals surface area contributed by atoms with E-state index in [0.29, 0.717) is 5.75 Å². The van der Waals surface area contributed by atoms with E-state index in [2.05, 4.69) is 12.0 Å². The third kappa shape index (κ3) is 2.57. The highest BCUT2D eigenvalue weighted by Crippen LogP contribution is 2.17. The van der Waals surface area contributed by atoms with Crippen LogP contribution in [0.1, 0.15) is 16.8 Å². The van der Waals surface area contributed by atoms with E-state index < -0.39 is 0 Å². The molecule has 0 aliphatic carbocycles. The van der Waals surface area contributed by atoms with Crippen LogP contribution < -0.4 is 0 Å². The molecule has 3 rings (SSSR count). The smallest absolute Gasteiger partial charge is 0.115 e. The van der Waals surface area contributed by atoms with Gasteiger partial charge < -0.3 is 5.11 Å². The minimum atomic E-state index is 0.292. The zero-order chi connectivity index (χ0) is 13.9. The van der Waals surface area contributed by atoms with Gasteiger partial charge in [0.05, 0.1) is 11.4 Å². The summed E-state index contributed by atoms with van der Waals surface area (Å²) in [4.78, 5) is 0. The van der Waals surface area contributed by atoms with Crippen molar-refractivity contribution in [1.29, 1.82) is 0 Å². The van der Waals surface area contributed by atoms with Crippen molar-refractivity contribution in [3.05, 3.63) is 77.6 Å². The van der Waals surface area contributed by atoms with Gasteiger partial charge in [-0.3, -0.25) is 0 Å². The number of hydrogen-bond acceptors (Lipinski definition) is 2. The SMILES string of the molecule is Cc1cn(-c2ccccc2)nc1Cc1ccc(O)cc1. The van der Waals surface area contributed by atoms with E-state index in [4.69, 9.17) is 0 Å². The van der Waals surface area contributed by atoms with Gasteiger partial charge in [-0.05, 0) is 42.3 Å². The molecule has 0 saturated heterocycles. The molecule has 0 radical (unpaired) electrons. The average molecular weight is 264 g/mol. The number of para-hydroxylation sites is 1. The highest BCUT2D eigenvalue weighted by molar-refractivity contribution is 5.34. The number of aromatic nitrogens is 2. The number of phenols is 1. The number of phenolic OH excluding ortho intramolecular Hbond substituents is 1. The Hall–Kier alpha value is -2.55. The summed E-state index contributed by atoms with van der Waals surface area (Å²) in [7, 11) is 0. The molecule has 2 aromatic carbocycles. The van der Waals surface area contributed by atoms with Crippen LogP contribution in [0.25, 0.3) is 5.69 Å². The van der Waals surface area contributed by atoms with Crippen LogP contribution in [0.15, 0.2) is 60.8 Å². The maximum atomic E-state index is 9.31. The number of hydrogen-bond donors (Lipinski definition) is 1. The van der Waals surface area contributed by atoms with Gasteiger partial charge >= 0.3 is 0 Å². The Balaban J connectivity index is 1.88. The molecule has 100 valence electrons. The van der Waals surface area contributed by atoms with E-state index in [-0.39, 0.29) is 0 Å². The topological polar surface area (TPSA) is 38.0 Å². The summed E-state index contributed by atoms with van der Waals surface area (Å²) in [6.45, 7) is 2.07. The quantitative estimate of drug-likeness (QED) is 0.786. The minimum absolute atomic E-state index is 0.292. The number of aryl methyl sites for hydroxylation is 1. The second kappa shape index (κ2) is 5.21. The third-order valence-electron chi connectivity index (χ3n) is 3.33. The maximum Gasteiger partial charge on any atom is 0.115 e. The van der Waals surface area contributed by atoms with Crippen LogP contribution in [0.5, 0.6) is 5.75 Å². The summed E-state index contributed by atoms with van der Waals surface area (Å²) < 4.78 is 1.91. The summed E-state index contributed by atoms with van der Waals surface area (Å²) in [5.74, 6) is 0.292. The molecule has 0 unspecified atom stereocenters. The molecule has 1 aromatic heterocycles. The van der Waals surface area contributed by atoms with Crippen molar-refractivity contribution in [2.24, 2.45) is 0 Å². The number of nitrogens with zero attached hydrogens (tertiary/aromatic N) is 2. The lowest BCUT2D eigenvalue weighted by atomic mass is 10.1. The second-order valence-corrected chi connectivity index (χ2v) is 4.88. The number of rotatable bonds is 3. The standard InChI is InChI=1S/C17H16N2O/c1-13-12-19(15-5-3-2-4-6-15)18-17(13)11-14-7-9-16(20)10-8-14/h2-10,12,20H,11H2,1H3. The van der Waals surface area contributed by atoms with Gasteiger partial charge in [0.1, 0.15) is 5.75 Å². The van der Waals surface area contributed by atoms with E-state index in [1.807, 2.05) is 53.3 Å². The molecule has 3 heteroatoms. The van der Waals surface area contributed by atoms with Crippen LogP contribution in [-0.2, 0) is 6.42 Å². The van der Waals surface area contributed by atoms with E-state index in [1.54, 1.807) is 12.1 Å². The summed E-state index contributed by atoms with van der Waals surface area (Å²) in [5, 5.41) is 14.0. The fraction of sp³-hybridized carbons (Fsp3) is 0.118. The number of benzene rings is 2. The van der Waals surface area contributed by atoms with Gasteiger partial charge in [-0.2, -0.15) is 5.10 Å². The van der Waals surface area contributed by atoms with Gasteiger partial charge in [-0.1, -0.05) is 30.3 Å². The molecule has 1 heterocycles. The second-order valence-electron chi connectivity index (χ2n) is 4.88. The highest BCUT2D eigenvalue weighted by atomic mass is 16.3. The highest BCUT2D eigenvalue weighted by Gasteiger charge is 2.07. The predicted octanol–water partition coefficient (Wildman–Crippen LogP) is 3.48. The molecule has 0 atom stereocenters. The van der Waals surface area contributed by atoms with Crippen molar-refractivity contribution < 1.29 is 5.11 Å². The van der Waals surface area contributed by atoms with Gasteiger partial charge in [-0.25, -0.2) is 4.68 Å². The van der Waals surface area contributed by atoms with E-state index >= 15 is 0 Å². The molecule has 0 amide bonds. The van der Waals surface area contributed by atoms with Crippen LogP contribution in [0.4, 0.5) is 0 Å². The van der Waals surface area contributed by atoms with Crippen LogP contribution in [-0.4, -0.2) is 14.9 Å². The van der Waals surface area contributed by atoms with Gasteiger partial charge in [0, 0.05) is 12.6 Å². The molecule has 0 saturated carbocycles. The Morgan fingerprint density at radius 1 is 1.00 bits per heavy atom. The van der Waals surface area contributed by atoms with Crippen molar-refractivity contribution in [2.75, 3.05) is 0 Å². The van der Waals surface area contributed by atoms with Crippen molar-refractivity contribution >= 4 is 0 Å². The first-order valence-electron chi connectivity index (χ1n) is 6.61. The minimum Gasteiger partial charge on any atom is -0.508 e. The molecule has 0 spiro atoms. The van der Waals surface area contributed by atoms with Crippen molar-refractivity contribution in [3.8, 4) is 11.4 Å². The zero-order valence-corrected chi connectivity index (χ0v) is 11.3. The average Bonchev–Trinajstić information content (AvgIpc) is 2.84. The van der Waals surface area contributed by atoms with Crippen LogP contribution in [0.2, 0.25) is 0 Å². The Labute approximate surface area is 118 Å². The fourth-order valence-electron chi connectivity index (χ4n) is 2.19. The van der Waals surface area contributed by atoms with Crippen LogP contribution in [0.3, 0.4) is 0 Å². The molecule has 0 bridgehead atoms. The fourth-order valence-corrected chi connectivity index (χ4v) is 2.19. The van der Waals surface area contributed by atoms with Crippen molar-refractivity contribution in [2.45, 2.75) is 13.3 Å². The molecule has 0 aliphatic heterocycles. The Bertz CT molecular complexity index is 700. The lowest BCUT2D eigenvalue weighted by Crippen LogP contribution is -1.96. The third-order valence-corrected chi connectivity index (χ3v) is 3.33. The van der Waals surface area contributed by atoms with E-state index in [1.165, 1.54) is 5.56 Å². The Morgan fingerprint density at radius 3 is 2.40 bits per heavy atom.